The molecule has 1 saturated heterocycles. The van der Waals surface area contributed by atoms with Crippen molar-refractivity contribution in [1.82, 2.24) is 25.0 Å². The summed E-state index contributed by atoms with van der Waals surface area (Å²) in [4.78, 5) is 19.3. The molecule has 4 rings (SSSR count). The van der Waals surface area contributed by atoms with E-state index in [0.29, 0.717) is 22.5 Å². The molecule has 2 N–H and O–H groups in total. The minimum absolute atomic E-state index is 0.0507. The van der Waals surface area contributed by atoms with Gasteiger partial charge in [0.1, 0.15) is 0 Å². The van der Waals surface area contributed by atoms with E-state index in [-0.39, 0.29) is 17.8 Å². The third-order valence-electron chi connectivity index (χ3n) is 5.99. The first-order valence-electron chi connectivity index (χ1n) is 10.8. The van der Waals surface area contributed by atoms with Gasteiger partial charge in [0.25, 0.3) is 5.91 Å². The van der Waals surface area contributed by atoms with Crippen molar-refractivity contribution in [3.8, 4) is 28.9 Å². The molecule has 164 valence electrons. The predicted octanol–water partition coefficient (Wildman–Crippen LogP) is 3.03. The van der Waals surface area contributed by atoms with Gasteiger partial charge in [0.2, 0.25) is 5.88 Å². The first kappa shape index (κ1) is 21.5. The molecule has 1 amide bonds. The molecule has 0 bridgehead atoms. The van der Waals surface area contributed by atoms with E-state index in [2.05, 4.69) is 33.3 Å². The first-order chi connectivity index (χ1) is 15.5. The van der Waals surface area contributed by atoms with Crippen LogP contribution >= 0.6 is 0 Å². The molecular weight excluding hydrogens is 404 g/mol. The molecular formula is C24H26N6O2. The van der Waals surface area contributed by atoms with Crippen molar-refractivity contribution in [3.05, 3.63) is 59.4 Å². The lowest BCUT2D eigenvalue weighted by molar-refractivity contribution is 0.0912. The van der Waals surface area contributed by atoms with Crippen LogP contribution in [-0.4, -0.2) is 56.4 Å². The molecule has 1 aliphatic rings. The van der Waals surface area contributed by atoms with Gasteiger partial charge in [-0.1, -0.05) is 13.0 Å². The van der Waals surface area contributed by atoms with Crippen molar-refractivity contribution in [2.24, 2.45) is 0 Å². The van der Waals surface area contributed by atoms with Crippen LogP contribution in [0.1, 0.15) is 41.3 Å². The summed E-state index contributed by atoms with van der Waals surface area (Å²) in [5.41, 5.74) is 3.24. The molecule has 0 atom stereocenters. The van der Waals surface area contributed by atoms with Gasteiger partial charge in [0, 0.05) is 25.3 Å². The zero-order valence-corrected chi connectivity index (χ0v) is 18.2. The quantitative estimate of drug-likeness (QED) is 0.644. The first-order valence-corrected chi connectivity index (χ1v) is 10.8. The Kier molecular flexibility index (Phi) is 6.19. The smallest absolute Gasteiger partial charge is 0.253 e. The Morgan fingerprint density at radius 1 is 1.22 bits per heavy atom. The number of aryl methyl sites for hydroxylation is 1. The number of carbonyl (C=O) groups is 1. The number of nitrogens with zero attached hydrogens (tertiary/aromatic N) is 5. The van der Waals surface area contributed by atoms with E-state index in [1.54, 1.807) is 36.5 Å². The Morgan fingerprint density at radius 2 is 2.00 bits per heavy atom. The molecule has 0 radical (unpaired) electrons. The molecule has 3 aromatic rings. The highest BCUT2D eigenvalue weighted by atomic mass is 16.3. The van der Waals surface area contributed by atoms with Crippen LogP contribution in [0.15, 0.2) is 42.7 Å². The van der Waals surface area contributed by atoms with Gasteiger partial charge in [-0.3, -0.25) is 4.79 Å². The molecule has 1 aliphatic heterocycles. The Labute approximate surface area is 187 Å². The normalized spacial score (nSPS) is 14.8. The minimum atomic E-state index is -0.141. The lowest BCUT2D eigenvalue weighted by Gasteiger charge is -2.31. The van der Waals surface area contributed by atoms with Crippen LogP contribution in [0, 0.1) is 18.3 Å². The Bertz CT molecular complexity index is 1150. The van der Waals surface area contributed by atoms with Crippen molar-refractivity contribution in [1.29, 1.82) is 5.26 Å². The third kappa shape index (κ3) is 4.34. The highest BCUT2D eigenvalue weighted by Crippen LogP contribution is 2.33. The van der Waals surface area contributed by atoms with E-state index in [1.165, 1.54) is 10.9 Å². The van der Waals surface area contributed by atoms with E-state index >= 15 is 0 Å². The Balaban J connectivity index is 1.48. The second-order valence-corrected chi connectivity index (χ2v) is 8.02. The summed E-state index contributed by atoms with van der Waals surface area (Å²) in [7, 11) is 0. The maximum Gasteiger partial charge on any atom is 0.253 e. The van der Waals surface area contributed by atoms with Crippen LogP contribution in [-0.2, 0) is 0 Å². The number of rotatable bonds is 5. The SMILES string of the molecule is CCN1CCC(NC(=O)c2ccc(-n3ncc(-c4ccc(C#N)cc4C)c3O)nc2)CC1. The molecule has 3 heterocycles. The number of hydrogen-bond acceptors (Lipinski definition) is 6. The summed E-state index contributed by atoms with van der Waals surface area (Å²) in [5.74, 6) is 0.218. The van der Waals surface area contributed by atoms with Gasteiger partial charge in [-0.15, -0.1) is 0 Å². The maximum atomic E-state index is 12.6. The summed E-state index contributed by atoms with van der Waals surface area (Å²) in [6, 6.07) is 10.9. The van der Waals surface area contributed by atoms with Crippen molar-refractivity contribution in [2.75, 3.05) is 19.6 Å². The largest absolute Gasteiger partial charge is 0.493 e. The molecule has 1 fully saturated rings. The fourth-order valence-corrected chi connectivity index (χ4v) is 4.04. The maximum absolute atomic E-state index is 12.6. The second-order valence-electron chi connectivity index (χ2n) is 8.02. The molecule has 0 spiro atoms. The number of likely N-dealkylation sites (tertiary alicyclic amines) is 1. The van der Waals surface area contributed by atoms with Crippen LogP contribution in [0.2, 0.25) is 0 Å². The predicted molar refractivity (Wildman–Crippen MR) is 121 cm³/mol. The molecule has 2 aromatic heterocycles. The molecule has 0 saturated carbocycles. The van der Waals surface area contributed by atoms with Gasteiger partial charge >= 0.3 is 0 Å². The summed E-state index contributed by atoms with van der Waals surface area (Å²) >= 11 is 0. The minimum Gasteiger partial charge on any atom is -0.493 e. The molecule has 8 heteroatoms. The number of aromatic hydroxyl groups is 1. The summed E-state index contributed by atoms with van der Waals surface area (Å²) in [6.45, 7) is 7.07. The zero-order chi connectivity index (χ0) is 22.7. The number of aromatic nitrogens is 3. The molecule has 0 aliphatic carbocycles. The molecule has 1 aromatic carbocycles. The highest BCUT2D eigenvalue weighted by molar-refractivity contribution is 5.94. The van der Waals surface area contributed by atoms with Crippen LogP contribution in [0.4, 0.5) is 0 Å². The number of nitrogens with one attached hydrogen (secondary N) is 1. The summed E-state index contributed by atoms with van der Waals surface area (Å²) < 4.78 is 1.33. The van der Waals surface area contributed by atoms with Gasteiger partial charge in [-0.05, 0) is 61.7 Å². The lowest BCUT2D eigenvalue weighted by atomic mass is 10.0. The van der Waals surface area contributed by atoms with Crippen molar-refractivity contribution >= 4 is 5.91 Å². The number of carbonyl (C=O) groups excluding carboxylic acids is 1. The summed E-state index contributed by atoms with van der Waals surface area (Å²) in [6.07, 6.45) is 4.96. The Morgan fingerprint density at radius 3 is 2.62 bits per heavy atom. The number of nitriles is 1. The van der Waals surface area contributed by atoms with Gasteiger partial charge in [-0.25, -0.2) is 4.98 Å². The molecule has 0 unspecified atom stereocenters. The monoisotopic (exact) mass is 430 g/mol. The average Bonchev–Trinajstić information content (AvgIpc) is 3.20. The summed E-state index contributed by atoms with van der Waals surface area (Å²) in [5, 5.41) is 27.1. The van der Waals surface area contributed by atoms with Crippen LogP contribution in [0.5, 0.6) is 5.88 Å². The standard InChI is InChI=1S/C24H26N6O2/c1-3-29-10-8-19(9-11-29)28-23(31)18-5-7-22(26-14-18)30-24(32)21(15-27-30)20-6-4-17(13-25)12-16(20)2/h4-7,12,14-15,19,32H,3,8-11H2,1-2H3,(H,28,31). The van der Waals surface area contributed by atoms with Gasteiger partial charge in [0.05, 0.1) is 29.0 Å². The van der Waals surface area contributed by atoms with Crippen molar-refractivity contribution < 1.29 is 9.90 Å². The van der Waals surface area contributed by atoms with E-state index in [0.717, 1.165) is 43.6 Å². The Hall–Kier alpha value is -3.70. The highest BCUT2D eigenvalue weighted by Gasteiger charge is 2.21. The van der Waals surface area contributed by atoms with E-state index in [1.807, 2.05) is 6.92 Å². The van der Waals surface area contributed by atoms with Crippen molar-refractivity contribution in [3.63, 3.8) is 0 Å². The van der Waals surface area contributed by atoms with E-state index < -0.39 is 0 Å². The third-order valence-corrected chi connectivity index (χ3v) is 5.99. The van der Waals surface area contributed by atoms with Crippen LogP contribution in [0.3, 0.4) is 0 Å². The number of piperidine rings is 1. The number of hydrogen-bond donors (Lipinski definition) is 2. The number of pyridine rings is 1. The number of benzene rings is 1. The fourth-order valence-electron chi connectivity index (χ4n) is 4.04. The van der Waals surface area contributed by atoms with E-state index in [9.17, 15) is 9.90 Å². The van der Waals surface area contributed by atoms with Crippen molar-refractivity contribution in [2.45, 2.75) is 32.7 Å². The van der Waals surface area contributed by atoms with Crippen LogP contribution < -0.4 is 5.32 Å². The fraction of sp³-hybridized carbons (Fsp3) is 0.333. The topological polar surface area (TPSA) is 107 Å². The van der Waals surface area contributed by atoms with Gasteiger partial charge in [-0.2, -0.15) is 15.0 Å². The van der Waals surface area contributed by atoms with Gasteiger partial charge < -0.3 is 15.3 Å². The lowest BCUT2D eigenvalue weighted by Crippen LogP contribution is -2.44. The van der Waals surface area contributed by atoms with E-state index in [4.69, 9.17) is 5.26 Å². The average molecular weight is 431 g/mol. The number of amides is 1. The second kappa shape index (κ2) is 9.20. The van der Waals surface area contributed by atoms with Gasteiger partial charge in [0.15, 0.2) is 5.82 Å². The zero-order valence-electron chi connectivity index (χ0n) is 18.2. The molecule has 32 heavy (non-hydrogen) atoms. The van der Waals surface area contributed by atoms with Crippen LogP contribution in [0.25, 0.3) is 16.9 Å². The molecule has 8 nitrogen and oxygen atoms in total.